The topological polar surface area (TPSA) is 65.0 Å². The van der Waals surface area contributed by atoms with E-state index in [4.69, 9.17) is 9.84 Å². The Bertz CT molecular complexity index is 175. The molecule has 1 atom stereocenters. The number of aliphatic hydroxyl groups excluding tert-OH is 2. The first kappa shape index (κ1) is 14.9. The predicted molar refractivity (Wildman–Crippen MR) is 67.1 cm³/mol. The smallest absolute Gasteiger partial charge is 0.0791 e. The molecule has 0 spiro atoms. The van der Waals surface area contributed by atoms with Crippen LogP contribution in [0.1, 0.15) is 19.3 Å². The molecule has 1 aliphatic heterocycles. The van der Waals surface area contributed by atoms with Gasteiger partial charge < -0.3 is 20.3 Å². The Hall–Kier alpha value is -0.200. The summed E-state index contributed by atoms with van der Waals surface area (Å²) in [6, 6.07) is 0. The van der Waals surface area contributed by atoms with Gasteiger partial charge >= 0.3 is 0 Å². The lowest BCUT2D eigenvalue weighted by Gasteiger charge is -2.28. The maximum absolute atomic E-state index is 9.82. The Kier molecular flexibility index (Phi) is 8.56. The lowest BCUT2D eigenvalue weighted by atomic mass is 10.2. The molecule has 1 fully saturated rings. The molecule has 1 aliphatic rings. The van der Waals surface area contributed by atoms with E-state index in [1.165, 1.54) is 0 Å². The highest BCUT2D eigenvalue weighted by molar-refractivity contribution is 4.69. The van der Waals surface area contributed by atoms with E-state index in [1.807, 2.05) is 0 Å². The largest absolute Gasteiger partial charge is 0.396 e. The van der Waals surface area contributed by atoms with Gasteiger partial charge in [-0.3, -0.25) is 4.90 Å². The van der Waals surface area contributed by atoms with Crippen LogP contribution in [0.3, 0.4) is 0 Å². The van der Waals surface area contributed by atoms with Crippen LogP contribution in [-0.2, 0) is 4.74 Å². The molecule has 0 saturated carbocycles. The van der Waals surface area contributed by atoms with Gasteiger partial charge in [-0.25, -0.2) is 0 Å². The van der Waals surface area contributed by atoms with Crippen molar-refractivity contribution >= 4 is 0 Å². The molecule has 0 aromatic rings. The van der Waals surface area contributed by atoms with Crippen molar-refractivity contribution in [3.8, 4) is 0 Å². The summed E-state index contributed by atoms with van der Waals surface area (Å²) < 4.78 is 5.26. The molecule has 5 heteroatoms. The van der Waals surface area contributed by atoms with Gasteiger partial charge in [-0.05, 0) is 25.8 Å². The third kappa shape index (κ3) is 7.68. The normalized spacial score (nSPS) is 19.4. The van der Waals surface area contributed by atoms with E-state index in [1.54, 1.807) is 0 Å². The molecular formula is C12H26N2O3. The molecule has 102 valence electrons. The number of hydrogen-bond donors (Lipinski definition) is 3. The summed E-state index contributed by atoms with van der Waals surface area (Å²) in [6.07, 6.45) is 2.68. The van der Waals surface area contributed by atoms with Crippen LogP contribution in [0.5, 0.6) is 0 Å². The van der Waals surface area contributed by atoms with Crippen molar-refractivity contribution in [2.24, 2.45) is 0 Å². The number of nitrogens with zero attached hydrogens (tertiary/aromatic N) is 1. The summed E-state index contributed by atoms with van der Waals surface area (Å²) in [6.45, 7) is 5.98. The fraction of sp³-hybridized carbons (Fsp3) is 1.00. The Morgan fingerprint density at radius 3 is 2.65 bits per heavy atom. The Balaban J connectivity index is 1.91. The van der Waals surface area contributed by atoms with Gasteiger partial charge in [0.1, 0.15) is 0 Å². The first-order chi connectivity index (χ1) is 8.33. The zero-order valence-corrected chi connectivity index (χ0v) is 10.6. The molecular weight excluding hydrogens is 220 g/mol. The Labute approximate surface area is 104 Å². The zero-order chi connectivity index (χ0) is 12.3. The van der Waals surface area contributed by atoms with Gasteiger partial charge in [-0.2, -0.15) is 0 Å². The van der Waals surface area contributed by atoms with Gasteiger partial charge in [-0.15, -0.1) is 0 Å². The number of β-amino-alcohol motifs (C(OH)–C–C–N with tert-alkyl or cyclic N) is 1. The van der Waals surface area contributed by atoms with Crippen molar-refractivity contribution in [1.29, 1.82) is 0 Å². The predicted octanol–water partition coefficient (Wildman–Crippen LogP) is -0.568. The minimum absolute atomic E-state index is 0.277. The van der Waals surface area contributed by atoms with Crippen molar-refractivity contribution < 1.29 is 14.9 Å². The summed E-state index contributed by atoms with van der Waals surface area (Å²) >= 11 is 0. The fourth-order valence-electron chi connectivity index (χ4n) is 1.95. The highest BCUT2D eigenvalue weighted by Crippen LogP contribution is 1.98. The number of ether oxygens (including phenoxy) is 1. The quantitative estimate of drug-likeness (QED) is 0.476. The number of nitrogens with one attached hydrogen (secondary N) is 1. The van der Waals surface area contributed by atoms with Crippen LogP contribution in [0.2, 0.25) is 0 Å². The van der Waals surface area contributed by atoms with E-state index in [-0.39, 0.29) is 12.7 Å². The third-order valence-electron chi connectivity index (χ3n) is 2.96. The van der Waals surface area contributed by atoms with Gasteiger partial charge in [0.05, 0.1) is 19.3 Å². The standard InChI is InChI=1S/C12H26N2O3/c15-7-3-1-2-4-13-10-12(16)11-14-5-8-17-9-6-14/h12-13,15-16H,1-11H2. The third-order valence-corrected chi connectivity index (χ3v) is 2.96. The first-order valence-electron chi connectivity index (χ1n) is 6.62. The van der Waals surface area contributed by atoms with Gasteiger partial charge in [0.25, 0.3) is 0 Å². The lowest BCUT2D eigenvalue weighted by molar-refractivity contribution is 0.0149. The molecule has 1 heterocycles. The summed E-state index contributed by atoms with van der Waals surface area (Å²) in [7, 11) is 0. The van der Waals surface area contributed by atoms with E-state index < -0.39 is 0 Å². The maximum Gasteiger partial charge on any atom is 0.0791 e. The van der Waals surface area contributed by atoms with Crippen LogP contribution >= 0.6 is 0 Å². The van der Waals surface area contributed by atoms with Crippen molar-refractivity contribution in [1.82, 2.24) is 10.2 Å². The SMILES string of the molecule is OCCCCCNCC(O)CN1CCOCC1. The van der Waals surface area contributed by atoms with E-state index in [0.717, 1.165) is 58.7 Å². The number of aliphatic hydroxyl groups is 2. The van der Waals surface area contributed by atoms with Crippen molar-refractivity contribution in [2.45, 2.75) is 25.4 Å². The molecule has 0 aromatic heterocycles. The van der Waals surface area contributed by atoms with Crippen LogP contribution < -0.4 is 5.32 Å². The van der Waals surface area contributed by atoms with E-state index in [2.05, 4.69) is 10.2 Å². The molecule has 0 aromatic carbocycles. The molecule has 1 rings (SSSR count). The number of rotatable bonds is 9. The Morgan fingerprint density at radius 1 is 1.18 bits per heavy atom. The summed E-state index contributed by atoms with van der Waals surface area (Å²) in [4.78, 5) is 2.24. The van der Waals surface area contributed by atoms with E-state index in [0.29, 0.717) is 6.54 Å². The average molecular weight is 246 g/mol. The molecule has 1 saturated heterocycles. The average Bonchev–Trinajstić information content (AvgIpc) is 2.35. The van der Waals surface area contributed by atoms with Gasteiger partial charge in [0, 0.05) is 32.8 Å². The molecule has 1 unspecified atom stereocenters. The number of morpholine rings is 1. The minimum atomic E-state index is -0.300. The summed E-state index contributed by atoms with van der Waals surface area (Å²) in [5.41, 5.74) is 0. The Morgan fingerprint density at radius 2 is 1.94 bits per heavy atom. The van der Waals surface area contributed by atoms with Crippen molar-refractivity contribution in [3.05, 3.63) is 0 Å². The van der Waals surface area contributed by atoms with Crippen LogP contribution in [0.25, 0.3) is 0 Å². The first-order valence-corrected chi connectivity index (χ1v) is 6.62. The molecule has 17 heavy (non-hydrogen) atoms. The minimum Gasteiger partial charge on any atom is -0.396 e. The second-order valence-electron chi connectivity index (χ2n) is 4.56. The molecule has 0 bridgehead atoms. The highest BCUT2D eigenvalue weighted by atomic mass is 16.5. The zero-order valence-electron chi connectivity index (χ0n) is 10.6. The molecule has 3 N–H and O–H groups in total. The molecule has 5 nitrogen and oxygen atoms in total. The number of hydrogen-bond acceptors (Lipinski definition) is 5. The van der Waals surface area contributed by atoms with Crippen LogP contribution in [0, 0.1) is 0 Å². The van der Waals surface area contributed by atoms with E-state index >= 15 is 0 Å². The lowest BCUT2D eigenvalue weighted by Crippen LogP contribution is -2.43. The van der Waals surface area contributed by atoms with Crippen molar-refractivity contribution in [2.75, 3.05) is 52.5 Å². The second-order valence-corrected chi connectivity index (χ2v) is 4.56. The summed E-state index contributed by atoms with van der Waals surface area (Å²) in [5, 5.41) is 21.7. The fourth-order valence-corrected chi connectivity index (χ4v) is 1.95. The maximum atomic E-state index is 9.82. The van der Waals surface area contributed by atoms with Gasteiger partial charge in [0.2, 0.25) is 0 Å². The summed E-state index contributed by atoms with van der Waals surface area (Å²) in [5.74, 6) is 0. The van der Waals surface area contributed by atoms with Crippen molar-refractivity contribution in [3.63, 3.8) is 0 Å². The van der Waals surface area contributed by atoms with Gasteiger partial charge in [-0.1, -0.05) is 0 Å². The van der Waals surface area contributed by atoms with Crippen LogP contribution in [0.4, 0.5) is 0 Å². The molecule has 0 amide bonds. The van der Waals surface area contributed by atoms with E-state index in [9.17, 15) is 5.11 Å². The number of unbranched alkanes of at least 4 members (excludes halogenated alkanes) is 2. The molecule has 0 aliphatic carbocycles. The van der Waals surface area contributed by atoms with Crippen LogP contribution in [-0.4, -0.2) is 73.8 Å². The van der Waals surface area contributed by atoms with Gasteiger partial charge in [0.15, 0.2) is 0 Å². The van der Waals surface area contributed by atoms with Crippen LogP contribution in [0.15, 0.2) is 0 Å². The molecule has 0 radical (unpaired) electrons. The second kappa shape index (κ2) is 9.79. The highest BCUT2D eigenvalue weighted by Gasteiger charge is 2.14. The monoisotopic (exact) mass is 246 g/mol.